The molecule has 1 heterocycles. The Kier molecular flexibility index (Phi) is 4.67. The van der Waals surface area contributed by atoms with Gasteiger partial charge in [0.25, 0.3) is 0 Å². The van der Waals surface area contributed by atoms with Gasteiger partial charge in [0.1, 0.15) is 0 Å². The van der Waals surface area contributed by atoms with Crippen LogP contribution in [0.1, 0.15) is 5.56 Å². The molecule has 2 aromatic rings. The van der Waals surface area contributed by atoms with E-state index >= 15 is 0 Å². The number of nitrogens with zero attached hydrogens (tertiary/aromatic N) is 2. The minimum absolute atomic E-state index is 0.00307. The molecule has 2 aromatic carbocycles. The second kappa shape index (κ2) is 6.69. The minimum atomic E-state index is -0.00307. The Morgan fingerprint density at radius 1 is 1.09 bits per heavy atom. The number of rotatable bonds is 3. The van der Waals surface area contributed by atoms with E-state index in [1.54, 1.807) is 0 Å². The molecule has 3 rings (SSSR count). The lowest BCUT2D eigenvalue weighted by Crippen LogP contribution is -2.44. The van der Waals surface area contributed by atoms with Crippen LogP contribution in [0.25, 0.3) is 11.1 Å². The molecule has 0 aromatic heterocycles. The highest BCUT2D eigenvalue weighted by atomic mass is 35.5. The molecule has 0 unspecified atom stereocenters. The molecule has 115 valence electrons. The third kappa shape index (κ3) is 2.98. The number of likely N-dealkylation sites (N-methyl/N-ethyl adjacent to an activating group) is 1. The Hall–Kier alpha value is -1.55. The zero-order valence-electron chi connectivity index (χ0n) is 12.7. The van der Waals surface area contributed by atoms with Gasteiger partial charge in [-0.15, -0.1) is 0 Å². The van der Waals surface area contributed by atoms with E-state index < -0.39 is 0 Å². The minimum Gasteiger partial charge on any atom is -0.392 e. The fraction of sp³-hybridized carbons (Fsp3) is 0.333. The lowest BCUT2D eigenvalue weighted by Gasteiger charge is -2.35. The molecule has 0 amide bonds. The first-order chi connectivity index (χ1) is 10.7. The molecule has 0 saturated carbocycles. The smallest absolute Gasteiger partial charge is 0.0708 e. The number of hydrogen-bond acceptors (Lipinski definition) is 3. The van der Waals surface area contributed by atoms with E-state index in [-0.39, 0.29) is 6.61 Å². The number of halogens is 1. The molecule has 22 heavy (non-hydrogen) atoms. The van der Waals surface area contributed by atoms with Crippen LogP contribution in [0.4, 0.5) is 5.69 Å². The summed E-state index contributed by atoms with van der Waals surface area (Å²) in [6, 6.07) is 14.8. The summed E-state index contributed by atoms with van der Waals surface area (Å²) in [5.74, 6) is 0. The van der Waals surface area contributed by atoms with E-state index in [1.165, 1.54) is 0 Å². The molecule has 3 nitrogen and oxygen atoms in total. The average Bonchev–Trinajstić information content (AvgIpc) is 2.55. The van der Waals surface area contributed by atoms with Crippen molar-refractivity contribution in [3.05, 3.63) is 53.1 Å². The second-order valence-corrected chi connectivity index (χ2v) is 6.07. The highest BCUT2D eigenvalue weighted by molar-refractivity contribution is 6.33. The first-order valence-electron chi connectivity index (χ1n) is 7.53. The number of aliphatic hydroxyl groups excluding tert-OH is 1. The monoisotopic (exact) mass is 315 g/mol. The standard InChI is InChI=1S/C18H20ClN2O/c1-20-9-11-21(12-10-20)18-8-4-6-14(16(18)13-22)15-5-2-3-7-17(15)19/h2-3,5-8,22H,9-13H2,1H3. The van der Waals surface area contributed by atoms with E-state index in [0.29, 0.717) is 5.02 Å². The quantitative estimate of drug-likeness (QED) is 0.943. The molecule has 0 aliphatic carbocycles. The number of benzene rings is 2. The fourth-order valence-electron chi connectivity index (χ4n) is 2.93. The van der Waals surface area contributed by atoms with Crippen molar-refractivity contribution in [3.63, 3.8) is 0 Å². The predicted molar refractivity (Wildman–Crippen MR) is 91.4 cm³/mol. The van der Waals surface area contributed by atoms with Crippen LogP contribution >= 0.6 is 11.6 Å². The maximum absolute atomic E-state index is 9.94. The zero-order valence-corrected chi connectivity index (χ0v) is 13.5. The first-order valence-corrected chi connectivity index (χ1v) is 7.90. The molecule has 1 aliphatic heterocycles. The van der Waals surface area contributed by atoms with Gasteiger partial charge in [-0.1, -0.05) is 29.8 Å². The van der Waals surface area contributed by atoms with Crippen LogP contribution in [0, 0.1) is 6.07 Å². The topological polar surface area (TPSA) is 26.7 Å². The van der Waals surface area contributed by atoms with E-state index in [2.05, 4.69) is 22.9 Å². The highest BCUT2D eigenvalue weighted by Gasteiger charge is 2.19. The summed E-state index contributed by atoms with van der Waals surface area (Å²) in [4.78, 5) is 4.64. The Morgan fingerprint density at radius 3 is 2.50 bits per heavy atom. The Labute approximate surface area is 136 Å². The molecule has 1 saturated heterocycles. The molecular weight excluding hydrogens is 296 g/mol. The molecule has 0 spiro atoms. The molecule has 4 heteroatoms. The molecule has 0 bridgehead atoms. The summed E-state index contributed by atoms with van der Waals surface area (Å²) in [6.45, 7) is 3.98. The summed E-state index contributed by atoms with van der Waals surface area (Å²) in [6.07, 6.45) is 0. The highest BCUT2D eigenvalue weighted by Crippen LogP contribution is 2.35. The van der Waals surface area contributed by atoms with Gasteiger partial charge in [-0.2, -0.15) is 0 Å². The molecule has 1 N–H and O–H groups in total. The van der Waals surface area contributed by atoms with Crippen molar-refractivity contribution >= 4 is 17.3 Å². The Morgan fingerprint density at radius 2 is 1.82 bits per heavy atom. The summed E-state index contributed by atoms with van der Waals surface area (Å²) in [5, 5.41) is 10.6. The SMILES string of the molecule is CN1CCN(c2c[c]cc(-c3ccccc3Cl)c2CO)CC1. The molecule has 1 fully saturated rings. The summed E-state index contributed by atoms with van der Waals surface area (Å²) >= 11 is 6.33. The van der Waals surface area contributed by atoms with Gasteiger partial charge in [0.2, 0.25) is 0 Å². The number of hydrogen-bond donors (Lipinski definition) is 1. The lowest BCUT2D eigenvalue weighted by molar-refractivity contribution is 0.280. The van der Waals surface area contributed by atoms with Gasteiger partial charge in [-0.05, 0) is 36.9 Å². The van der Waals surface area contributed by atoms with Crippen LogP contribution in [0.15, 0.2) is 36.4 Å². The maximum atomic E-state index is 9.94. The summed E-state index contributed by atoms with van der Waals surface area (Å²) < 4.78 is 0. The van der Waals surface area contributed by atoms with Gasteiger partial charge in [-0.3, -0.25) is 0 Å². The number of anilines is 1. The van der Waals surface area contributed by atoms with Crippen molar-refractivity contribution in [2.75, 3.05) is 38.1 Å². The third-order valence-electron chi connectivity index (χ3n) is 4.25. The van der Waals surface area contributed by atoms with Crippen molar-refractivity contribution in [2.45, 2.75) is 6.61 Å². The van der Waals surface area contributed by atoms with Crippen LogP contribution in [0.3, 0.4) is 0 Å². The van der Waals surface area contributed by atoms with Crippen LogP contribution in [-0.2, 0) is 6.61 Å². The largest absolute Gasteiger partial charge is 0.392 e. The van der Waals surface area contributed by atoms with Crippen LogP contribution in [0.2, 0.25) is 5.02 Å². The van der Waals surface area contributed by atoms with Crippen LogP contribution < -0.4 is 4.90 Å². The van der Waals surface area contributed by atoms with Gasteiger partial charge < -0.3 is 14.9 Å². The normalized spacial score (nSPS) is 16.0. The summed E-state index contributed by atoms with van der Waals surface area (Å²) in [5.41, 5.74) is 3.90. The molecular formula is C18H20ClN2O. The van der Waals surface area contributed by atoms with Gasteiger partial charge in [0.05, 0.1) is 6.61 Å². The van der Waals surface area contributed by atoms with Gasteiger partial charge >= 0.3 is 0 Å². The van der Waals surface area contributed by atoms with Gasteiger partial charge in [0.15, 0.2) is 0 Å². The van der Waals surface area contributed by atoms with Gasteiger partial charge in [0, 0.05) is 48.0 Å². The van der Waals surface area contributed by atoms with Crippen LogP contribution in [0.5, 0.6) is 0 Å². The number of piperazine rings is 1. The van der Waals surface area contributed by atoms with E-state index in [0.717, 1.165) is 48.6 Å². The fourth-order valence-corrected chi connectivity index (χ4v) is 3.17. The number of aliphatic hydroxyl groups is 1. The van der Waals surface area contributed by atoms with E-state index in [4.69, 9.17) is 11.6 Å². The van der Waals surface area contributed by atoms with Crippen molar-refractivity contribution in [3.8, 4) is 11.1 Å². The first kappa shape index (κ1) is 15.3. The predicted octanol–water partition coefficient (Wildman–Crippen LogP) is 3.05. The lowest BCUT2D eigenvalue weighted by atomic mass is 9.97. The van der Waals surface area contributed by atoms with Crippen molar-refractivity contribution < 1.29 is 5.11 Å². The third-order valence-corrected chi connectivity index (χ3v) is 4.58. The van der Waals surface area contributed by atoms with E-state index in [9.17, 15) is 5.11 Å². The summed E-state index contributed by atoms with van der Waals surface area (Å²) in [7, 11) is 2.14. The Balaban J connectivity index is 2.03. The van der Waals surface area contributed by atoms with Crippen molar-refractivity contribution in [1.29, 1.82) is 0 Å². The Bertz CT molecular complexity index is 651. The molecule has 1 radical (unpaired) electrons. The molecule has 1 aliphatic rings. The second-order valence-electron chi connectivity index (χ2n) is 5.66. The van der Waals surface area contributed by atoms with Gasteiger partial charge in [-0.25, -0.2) is 0 Å². The van der Waals surface area contributed by atoms with Crippen molar-refractivity contribution in [1.82, 2.24) is 4.90 Å². The zero-order chi connectivity index (χ0) is 15.5. The molecule has 0 atom stereocenters. The van der Waals surface area contributed by atoms with Crippen LogP contribution in [-0.4, -0.2) is 43.2 Å². The van der Waals surface area contributed by atoms with Crippen molar-refractivity contribution in [2.24, 2.45) is 0 Å². The van der Waals surface area contributed by atoms with E-state index in [1.807, 2.05) is 36.4 Å². The average molecular weight is 316 g/mol. The maximum Gasteiger partial charge on any atom is 0.0708 e.